The first-order valence-electron chi connectivity index (χ1n) is 11.9. The summed E-state index contributed by atoms with van der Waals surface area (Å²) < 4.78 is 0. The summed E-state index contributed by atoms with van der Waals surface area (Å²) in [6, 6.07) is 11.3. The van der Waals surface area contributed by atoms with E-state index in [9.17, 15) is 24.5 Å². The molecule has 178 valence electrons. The van der Waals surface area contributed by atoms with E-state index in [1.54, 1.807) is 12.1 Å². The zero-order valence-corrected chi connectivity index (χ0v) is 19.5. The van der Waals surface area contributed by atoms with Crippen molar-refractivity contribution in [2.45, 2.75) is 20.3 Å². The van der Waals surface area contributed by atoms with E-state index in [0.29, 0.717) is 17.5 Å². The highest BCUT2D eigenvalue weighted by Crippen LogP contribution is 2.65. The molecule has 8 heteroatoms. The fourth-order valence-corrected chi connectivity index (χ4v) is 6.62. The van der Waals surface area contributed by atoms with Crippen LogP contribution in [0.1, 0.15) is 27.9 Å². The quantitative estimate of drug-likeness (QED) is 0.285. The van der Waals surface area contributed by atoms with Crippen molar-refractivity contribution in [2.75, 3.05) is 11.6 Å². The molecule has 0 aromatic heterocycles. The number of hydrogen-bond donors (Lipinski definition) is 0. The van der Waals surface area contributed by atoms with Crippen LogP contribution in [0.15, 0.2) is 54.6 Å². The summed E-state index contributed by atoms with van der Waals surface area (Å²) in [6.45, 7) is 3.50. The van der Waals surface area contributed by atoms with Crippen LogP contribution in [0.3, 0.4) is 0 Å². The Morgan fingerprint density at radius 1 is 1.03 bits per heavy atom. The minimum Gasteiger partial charge on any atom is -0.289 e. The molecule has 3 fully saturated rings. The number of hydrogen-bond acceptors (Lipinski definition) is 5. The van der Waals surface area contributed by atoms with E-state index in [4.69, 9.17) is 0 Å². The second-order valence-electron chi connectivity index (χ2n) is 10.2. The summed E-state index contributed by atoms with van der Waals surface area (Å²) in [4.78, 5) is 54.5. The van der Waals surface area contributed by atoms with Crippen molar-refractivity contribution in [3.8, 4) is 0 Å². The number of nitro benzene ring substituents is 1. The lowest BCUT2D eigenvalue weighted by Crippen LogP contribution is -2.45. The molecule has 0 spiro atoms. The smallest absolute Gasteiger partial charge is 0.282 e. The monoisotopic (exact) mass is 471 g/mol. The first-order chi connectivity index (χ1) is 16.8. The number of nitro groups is 1. The van der Waals surface area contributed by atoms with Gasteiger partial charge in [-0.1, -0.05) is 42.0 Å². The van der Waals surface area contributed by atoms with E-state index in [1.165, 1.54) is 28.0 Å². The molecule has 3 amide bonds. The maximum absolute atomic E-state index is 13.8. The van der Waals surface area contributed by atoms with Crippen molar-refractivity contribution in [1.82, 2.24) is 4.90 Å². The summed E-state index contributed by atoms with van der Waals surface area (Å²) in [6.07, 6.45) is 5.28. The normalized spacial score (nSPS) is 29.7. The summed E-state index contributed by atoms with van der Waals surface area (Å²) in [5.74, 6) is -0.729. The molecule has 1 heterocycles. The number of anilines is 1. The van der Waals surface area contributed by atoms with Gasteiger partial charge in [-0.3, -0.25) is 34.3 Å². The van der Waals surface area contributed by atoms with Crippen LogP contribution in [0.4, 0.5) is 11.4 Å². The van der Waals surface area contributed by atoms with Gasteiger partial charge in [0.1, 0.15) is 12.2 Å². The molecule has 1 aliphatic heterocycles. The highest BCUT2D eigenvalue weighted by Gasteiger charge is 2.67. The van der Waals surface area contributed by atoms with Crippen LogP contribution < -0.4 is 4.90 Å². The Balaban J connectivity index is 1.39. The third-order valence-corrected chi connectivity index (χ3v) is 8.26. The lowest BCUT2D eigenvalue weighted by Gasteiger charge is -2.37. The molecule has 2 aromatic carbocycles. The van der Waals surface area contributed by atoms with E-state index < -0.39 is 10.8 Å². The summed E-state index contributed by atoms with van der Waals surface area (Å²) in [5, 5.41) is 11.6. The van der Waals surface area contributed by atoms with Crippen molar-refractivity contribution < 1.29 is 19.3 Å². The first kappa shape index (κ1) is 21.7. The molecular formula is C27H25N3O5. The van der Waals surface area contributed by atoms with Gasteiger partial charge in [-0.15, -0.1) is 0 Å². The standard InChI is InChI=1S/C27H25N3O5/c1-14-7-10-21(15(2)11-14)28(25(31)18-5-3-4-6-22(18)30(34)35)13-29-26(32)23-16-8-9-17(20-12-19(16)20)24(23)27(29)33/h3-11,16-17,19-20,23-24H,12-13H2,1-2H3. The van der Waals surface area contributed by atoms with Crippen LogP contribution in [0.5, 0.6) is 0 Å². The predicted molar refractivity (Wildman–Crippen MR) is 127 cm³/mol. The van der Waals surface area contributed by atoms with Crippen LogP contribution in [0.2, 0.25) is 0 Å². The van der Waals surface area contributed by atoms with E-state index in [1.807, 2.05) is 26.0 Å². The van der Waals surface area contributed by atoms with Gasteiger partial charge >= 0.3 is 0 Å². The molecule has 35 heavy (non-hydrogen) atoms. The number of carbonyl (C=O) groups excluding carboxylic acids is 3. The lowest BCUT2D eigenvalue weighted by atomic mass is 9.63. The van der Waals surface area contributed by atoms with Gasteiger partial charge in [0.15, 0.2) is 0 Å². The molecule has 0 radical (unpaired) electrons. The SMILES string of the molecule is Cc1ccc(N(CN2C(=O)C3C4C=CC(C5CC45)C3C2=O)C(=O)c2ccccc2[N+](=O)[O-])c(C)c1. The van der Waals surface area contributed by atoms with Crippen LogP contribution in [-0.2, 0) is 9.59 Å². The number of aryl methyl sites for hydroxylation is 2. The zero-order chi connectivity index (χ0) is 24.6. The summed E-state index contributed by atoms with van der Waals surface area (Å²) >= 11 is 0. The molecule has 5 aliphatic rings. The highest BCUT2D eigenvalue weighted by atomic mass is 16.6. The van der Waals surface area contributed by atoms with Gasteiger partial charge in [0.25, 0.3) is 11.6 Å². The predicted octanol–water partition coefficient (Wildman–Crippen LogP) is 3.87. The van der Waals surface area contributed by atoms with Crippen LogP contribution >= 0.6 is 0 Å². The molecule has 1 saturated heterocycles. The number of para-hydroxylation sites is 1. The first-order valence-corrected chi connectivity index (χ1v) is 11.9. The molecular weight excluding hydrogens is 446 g/mol. The molecule has 0 N–H and O–H groups in total. The third kappa shape index (κ3) is 3.16. The zero-order valence-electron chi connectivity index (χ0n) is 19.5. The van der Waals surface area contributed by atoms with Gasteiger partial charge < -0.3 is 0 Å². The van der Waals surface area contributed by atoms with Gasteiger partial charge in [-0.25, -0.2) is 0 Å². The highest BCUT2D eigenvalue weighted by molar-refractivity contribution is 6.11. The Hall–Kier alpha value is -3.81. The Kier molecular flexibility index (Phi) is 4.71. The number of imide groups is 1. The van der Waals surface area contributed by atoms with Gasteiger partial charge in [-0.2, -0.15) is 0 Å². The Bertz CT molecular complexity index is 1300. The van der Waals surface area contributed by atoms with E-state index in [0.717, 1.165) is 17.5 Å². The Morgan fingerprint density at radius 3 is 2.26 bits per heavy atom. The van der Waals surface area contributed by atoms with Crippen LogP contribution in [0.25, 0.3) is 0 Å². The number of likely N-dealkylation sites (tertiary alicyclic amines) is 1. The molecule has 8 nitrogen and oxygen atoms in total. The average molecular weight is 472 g/mol. The fraction of sp³-hybridized carbons (Fsp3) is 0.370. The maximum atomic E-state index is 13.8. The molecule has 7 rings (SSSR count). The van der Waals surface area contributed by atoms with Gasteiger partial charge in [-0.05, 0) is 61.6 Å². The Morgan fingerprint density at radius 2 is 1.66 bits per heavy atom. The van der Waals surface area contributed by atoms with E-state index in [2.05, 4.69) is 12.2 Å². The average Bonchev–Trinajstić information content (AvgIpc) is 3.62. The lowest BCUT2D eigenvalue weighted by molar-refractivity contribution is -0.385. The van der Waals surface area contributed by atoms with Crippen LogP contribution in [-0.4, -0.2) is 34.2 Å². The maximum Gasteiger partial charge on any atom is 0.282 e. The number of allylic oxidation sites excluding steroid dienone is 2. The fourth-order valence-electron chi connectivity index (χ4n) is 6.62. The Labute approximate surface area is 202 Å². The number of nitrogens with zero attached hydrogens (tertiary/aromatic N) is 3. The van der Waals surface area contributed by atoms with Crippen molar-refractivity contribution in [1.29, 1.82) is 0 Å². The van der Waals surface area contributed by atoms with E-state index >= 15 is 0 Å². The van der Waals surface area contributed by atoms with E-state index in [-0.39, 0.29) is 53.4 Å². The molecule has 6 unspecified atom stereocenters. The number of benzene rings is 2. The van der Waals surface area contributed by atoms with Gasteiger partial charge in [0, 0.05) is 11.8 Å². The number of rotatable bonds is 5. The summed E-state index contributed by atoms with van der Waals surface area (Å²) in [7, 11) is 0. The summed E-state index contributed by atoms with van der Waals surface area (Å²) in [5.41, 5.74) is 1.87. The number of amides is 3. The van der Waals surface area contributed by atoms with Gasteiger partial charge in [0.05, 0.1) is 16.8 Å². The topological polar surface area (TPSA) is 101 Å². The third-order valence-electron chi connectivity index (χ3n) is 8.26. The minimum atomic E-state index is -0.622. The molecule has 2 aromatic rings. The van der Waals surface area contributed by atoms with Crippen molar-refractivity contribution in [3.63, 3.8) is 0 Å². The van der Waals surface area contributed by atoms with Gasteiger partial charge in [0.2, 0.25) is 11.8 Å². The van der Waals surface area contributed by atoms with Crippen molar-refractivity contribution in [3.05, 3.63) is 81.4 Å². The van der Waals surface area contributed by atoms with Crippen molar-refractivity contribution >= 4 is 29.1 Å². The van der Waals surface area contributed by atoms with Crippen molar-refractivity contribution in [2.24, 2.45) is 35.5 Å². The molecule has 2 saturated carbocycles. The largest absolute Gasteiger partial charge is 0.289 e. The second kappa shape index (κ2) is 7.60. The molecule has 2 bridgehead atoms. The second-order valence-corrected chi connectivity index (χ2v) is 10.2. The molecule has 6 atom stereocenters. The molecule has 4 aliphatic carbocycles. The van der Waals surface area contributed by atoms with Crippen LogP contribution in [0, 0.1) is 59.5 Å². The minimum absolute atomic E-state index is 0.0805. The number of carbonyl (C=O) groups is 3.